The van der Waals surface area contributed by atoms with Crippen molar-refractivity contribution in [2.45, 2.75) is 44.9 Å². The zero-order valence-electron chi connectivity index (χ0n) is 11.5. The van der Waals surface area contributed by atoms with E-state index in [0.717, 1.165) is 24.8 Å². The normalized spacial score (nSPS) is 22.5. The van der Waals surface area contributed by atoms with Gasteiger partial charge >= 0.3 is 0 Å². The molecule has 1 aromatic rings. The zero-order valence-corrected chi connectivity index (χ0v) is 12.3. The fourth-order valence-corrected chi connectivity index (χ4v) is 4.15. The molecule has 0 bridgehead atoms. The van der Waals surface area contributed by atoms with Crippen LogP contribution < -0.4 is 10.5 Å². The molecule has 106 valence electrons. The molecular formula is C14H22N2O2S. The van der Waals surface area contributed by atoms with Crippen LogP contribution >= 0.6 is 0 Å². The van der Waals surface area contributed by atoms with E-state index >= 15 is 0 Å². The van der Waals surface area contributed by atoms with Crippen LogP contribution in [0.2, 0.25) is 0 Å². The molecule has 1 aromatic carbocycles. The van der Waals surface area contributed by atoms with E-state index in [1.165, 1.54) is 0 Å². The monoisotopic (exact) mass is 282 g/mol. The Morgan fingerprint density at radius 3 is 2.74 bits per heavy atom. The van der Waals surface area contributed by atoms with E-state index in [1.807, 2.05) is 0 Å². The number of hydrogen-bond donors (Lipinski definition) is 2. The van der Waals surface area contributed by atoms with Crippen molar-refractivity contribution in [1.82, 2.24) is 4.72 Å². The molecule has 19 heavy (non-hydrogen) atoms. The second kappa shape index (κ2) is 5.13. The highest BCUT2D eigenvalue weighted by atomic mass is 32.2. The predicted molar refractivity (Wildman–Crippen MR) is 78.0 cm³/mol. The Morgan fingerprint density at radius 1 is 1.42 bits per heavy atom. The maximum Gasteiger partial charge on any atom is 0.216 e. The van der Waals surface area contributed by atoms with Crippen LogP contribution in [-0.2, 0) is 15.8 Å². The number of nitrogens with two attached hydrogens (primary N) is 1. The molecule has 0 heterocycles. The molecule has 1 unspecified atom stereocenters. The van der Waals surface area contributed by atoms with Gasteiger partial charge in [0.1, 0.15) is 0 Å². The first kappa shape index (κ1) is 14.3. The van der Waals surface area contributed by atoms with Crippen LogP contribution in [0.4, 0.5) is 5.69 Å². The lowest BCUT2D eigenvalue weighted by Gasteiger charge is -2.18. The summed E-state index contributed by atoms with van der Waals surface area (Å²) in [6.45, 7) is 4.36. The van der Waals surface area contributed by atoms with Gasteiger partial charge in [0.2, 0.25) is 10.0 Å². The minimum atomic E-state index is -3.29. The summed E-state index contributed by atoms with van der Waals surface area (Å²) in [6, 6.07) is 7.09. The third kappa shape index (κ3) is 4.21. The van der Waals surface area contributed by atoms with Gasteiger partial charge < -0.3 is 5.73 Å². The van der Waals surface area contributed by atoms with E-state index in [1.54, 1.807) is 24.3 Å². The van der Waals surface area contributed by atoms with Gasteiger partial charge in [0.15, 0.2) is 0 Å². The standard InChI is InChI=1S/C14H22N2O2S/c1-14(2)7-6-13(9-14)16-19(17,18)10-11-4-3-5-12(15)8-11/h3-5,8,13,16H,6-7,9-10,15H2,1-2H3. The van der Waals surface area contributed by atoms with Crippen molar-refractivity contribution in [3.63, 3.8) is 0 Å². The highest BCUT2D eigenvalue weighted by Crippen LogP contribution is 2.37. The molecule has 0 aliphatic heterocycles. The molecule has 1 atom stereocenters. The summed E-state index contributed by atoms with van der Waals surface area (Å²) in [5.41, 5.74) is 7.22. The van der Waals surface area contributed by atoms with Gasteiger partial charge in [-0.3, -0.25) is 0 Å². The lowest BCUT2D eigenvalue weighted by Crippen LogP contribution is -2.34. The summed E-state index contributed by atoms with van der Waals surface area (Å²) in [4.78, 5) is 0. The van der Waals surface area contributed by atoms with Gasteiger partial charge in [-0.1, -0.05) is 26.0 Å². The average molecular weight is 282 g/mol. The molecule has 0 radical (unpaired) electrons. The summed E-state index contributed by atoms with van der Waals surface area (Å²) >= 11 is 0. The molecule has 1 saturated carbocycles. The molecule has 0 aromatic heterocycles. The van der Waals surface area contributed by atoms with Crippen LogP contribution in [0.15, 0.2) is 24.3 Å². The number of nitrogens with one attached hydrogen (secondary N) is 1. The van der Waals surface area contributed by atoms with Crippen molar-refractivity contribution < 1.29 is 8.42 Å². The predicted octanol–water partition coefficient (Wildman–Crippen LogP) is 2.27. The van der Waals surface area contributed by atoms with Crippen LogP contribution in [0.25, 0.3) is 0 Å². The first-order valence-electron chi connectivity index (χ1n) is 6.60. The molecule has 5 heteroatoms. The minimum Gasteiger partial charge on any atom is -0.399 e. The molecule has 2 rings (SSSR count). The van der Waals surface area contributed by atoms with Crippen molar-refractivity contribution >= 4 is 15.7 Å². The van der Waals surface area contributed by atoms with E-state index < -0.39 is 10.0 Å². The third-order valence-electron chi connectivity index (χ3n) is 3.62. The molecule has 0 saturated heterocycles. The van der Waals surface area contributed by atoms with Crippen LogP contribution in [0, 0.1) is 5.41 Å². The van der Waals surface area contributed by atoms with Gasteiger partial charge in [-0.2, -0.15) is 0 Å². The number of sulfonamides is 1. The lowest BCUT2D eigenvalue weighted by atomic mass is 9.92. The Bertz CT molecular complexity index is 552. The van der Waals surface area contributed by atoms with Gasteiger partial charge in [-0.25, -0.2) is 13.1 Å². The Balaban J connectivity index is 2.00. The molecule has 1 fully saturated rings. The van der Waals surface area contributed by atoms with Crippen LogP contribution in [0.1, 0.15) is 38.7 Å². The molecule has 4 nitrogen and oxygen atoms in total. The topological polar surface area (TPSA) is 72.2 Å². The van der Waals surface area contributed by atoms with Gasteiger partial charge in [-0.15, -0.1) is 0 Å². The Kier molecular flexibility index (Phi) is 3.87. The van der Waals surface area contributed by atoms with Crippen LogP contribution in [0.3, 0.4) is 0 Å². The van der Waals surface area contributed by atoms with Crippen molar-refractivity contribution in [3.05, 3.63) is 29.8 Å². The highest BCUT2D eigenvalue weighted by Gasteiger charge is 2.33. The largest absolute Gasteiger partial charge is 0.399 e. The van der Waals surface area contributed by atoms with Gasteiger partial charge in [0, 0.05) is 11.7 Å². The molecule has 3 N–H and O–H groups in total. The van der Waals surface area contributed by atoms with E-state index in [2.05, 4.69) is 18.6 Å². The van der Waals surface area contributed by atoms with E-state index in [0.29, 0.717) is 5.69 Å². The summed E-state index contributed by atoms with van der Waals surface area (Å²) < 4.78 is 27.1. The maximum atomic E-state index is 12.1. The van der Waals surface area contributed by atoms with E-state index in [-0.39, 0.29) is 17.2 Å². The number of benzene rings is 1. The summed E-state index contributed by atoms with van der Waals surface area (Å²) in [7, 11) is -3.29. The van der Waals surface area contributed by atoms with Gasteiger partial charge in [0.05, 0.1) is 5.75 Å². The lowest BCUT2D eigenvalue weighted by molar-refractivity contribution is 0.372. The maximum absolute atomic E-state index is 12.1. The summed E-state index contributed by atoms with van der Waals surface area (Å²) in [6.07, 6.45) is 2.89. The summed E-state index contributed by atoms with van der Waals surface area (Å²) in [5.74, 6) is -0.00499. The molecular weight excluding hydrogens is 260 g/mol. The Labute approximate surface area is 115 Å². The molecule has 0 spiro atoms. The van der Waals surface area contributed by atoms with Crippen LogP contribution in [-0.4, -0.2) is 14.5 Å². The van der Waals surface area contributed by atoms with Crippen molar-refractivity contribution in [3.8, 4) is 0 Å². The van der Waals surface area contributed by atoms with E-state index in [4.69, 9.17) is 5.73 Å². The van der Waals surface area contributed by atoms with Gasteiger partial charge in [0.25, 0.3) is 0 Å². The zero-order chi connectivity index (χ0) is 14.1. The Morgan fingerprint density at radius 2 is 2.16 bits per heavy atom. The fraction of sp³-hybridized carbons (Fsp3) is 0.571. The number of nitrogen functional groups attached to an aromatic ring is 1. The van der Waals surface area contributed by atoms with Crippen molar-refractivity contribution in [1.29, 1.82) is 0 Å². The van der Waals surface area contributed by atoms with E-state index in [9.17, 15) is 8.42 Å². The second-order valence-electron chi connectivity index (χ2n) is 6.23. The third-order valence-corrected chi connectivity index (χ3v) is 5.03. The second-order valence-corrected chi connectivity index (χ2v) is 7.98. The van der Waals surface area contributed by atoms with Crippen molar-refractivity contribution in [2.75, 3.05) is 5.73 Å². The van der Waals surface area contributed by atoms with Gasteiger partial charge in [-0.05, 0) is 42.4 Å². The number of anilines is 1. The minimum absolute atomic E-state index is 0.00499. The number of rotatable bonds is 4. The van der Waals surface area contributed by atoms with Crippen LogP contribution in [0.5, 0.6) is 0 Å². The molecule has 1 aliphatic rings. The average Bonchev–Trinajstić information content (AvgIpc) is 2.56. The van der Waals surface area contributed by atoms with Crippen molar-refractivity contribution in [2.24, 2.45) is 5.41 Å². The molecule has 0 amide bonds. The first-order valence-corrected chi connectivity index (χ1v) is 8.25. The fourth-order valence-electron chi connectivity index (χ4n) is 2.73. The highest BCUT2D eigenvalue weighted by molar-refractivity contribution is 7.88. The first-order chi connectivity index (χ1) is 8.76. The summed E-state index contributed by atoms with van der Waals surface area (Å²) in [5, 5.41) is 0. The molecule has 1 aliphatic carbocycles. The Hall–Kier alpha value is -1.07. The number of hydrogen-bond acceptors (Lipinski definition) is 3. The SMILES string of the molecule is CC1(C)CCC(NS(=O)(=O)Cc2cccc(N)c2)C1. The smallest absolute Gasteiger partial charge is 0.216 e. The quantitative estimate of drug-likeness (QED) is 0.832.